The van der Waals surface area contributed by atoms with Gasteiger partial charge in [0.1, 0.15) is 0 Å². The van der Waals surface area contributed by atoms with Crippen LogP contribution < -0.4 is 25.4 Å². The fourth-order valence-electron chi connectivity index (χ4n) is 2.33. The van der Waals surface area contributed by atoms with Crippen molar-refractivity contribution in [3.05, 3.63) is 23.8 Å². The maximum Gasteiger partial charge on any atom is 0.238 e. The van der Waals surface area contributed by atoms with Crippen molar-refractivity contribution < 1.29 is 14.3 Å². The molecule has 2 aliphatic rings. The highest BCUT2D eigenvalue weighted by Crippen LogP contribution is 2.32. The molecule has 2 heterocycles. The molecule has 1 aromatic carbocycles. The highest BCUT2D eigenvalue weighted by Gasteiger charge is 2.23. The van der Waals surface area contributed by atoms with E-state index in [4.69, 9.17) is 9.47 Å². The van der Waals surface area contributed by atoms with Crippen molar-refractivity contribution in [1.29, 1.82) is 0 Å². The Morgan fingerprint density at radius 3 is 2.95 bits per heavy atom. The molecular weight excluding hydrogens is 258 g/mol. The molecule has 3 N–H and O–H groups in total. The molecule has 1 amide bonds. The van der Waals surface area contributed by atoms with Crippen molar-refractivity contribution in [3.8, 4) is 11.5 Å². The molecule has 0 aromatic heterocycles. The molecule has 0 spiro atoms. The zero-order valence-corrected chi connectivity index (χ0v) is 11.4. The van der Waals surface area contributed by atoms with Crippen LogP contribution in [0.5, 0.6) is 11.5 Å². The molecule has 1 fully saturated rings. The van der Waals surface area contributed by atoms with E-state index >= 15 is 0 Å². The second kappa shape index (κ2) is 5.68. The summed E-state index contributed by atoms with van der Waals surface area (Å²) in [6.07, 6.45) is 0. The van der Waals surface area contributed by atoms with Gasteiger partial charge in [0.05, 0.1) is 6.04 Å². The van der Waals surface area contributed by atoms with E-state index in [0.717, 1.165) is 23.6 Å². The highest BCUT2D eigenvalue weighted by atomic mass is 16.7. The number of amides is 1. The molecule has 108 valence electrons. The van der Waals surface area contributed by atoms with E-state index in [0.29, 0.717) is 19.1 Å². The van der Waals surface area contributed by atoms with Crippen LogP contribution in [0.25, 0.3) is 0 Å². The van der Waals surface area contributed by atoms with Crippen LogP contribution in [0, 0.1) is 0 Å². The molecule has 1 aromatic rings. The predicted molar refractivity (Wildman–Crippen MR) is 73.7 cm³/mol. The van der Waals surface area contributed by atoms with E-state index in [2.05, 4.69) is 22.9 Å². The number of hydrogen-bond acceptors (Lipinski definition) is 5. The van der Waals surface area contributed by atoms with Gasteiger partial charge < -0.3 is 25.4 Å². The summed E-state index contributed by atoms with van der Waals surface area (Å²) in [7, 11) is 0. The van der Waals surface area contributed by atoms with E-state index in [1.807, 2.05) is 18.2 Å². The molecule has 2 atom stereocenters. The Kier molecular flexibility index (Phi) is 3.75. The van der Waals surface area contributed by atoms with Gasteiger partial charge in [0.25, 0.3) is 0 Å². The number of piperazine rings is 1. The molecule has 3 rings (SSSR count). The fraction of sp³-hybridized carbons (Fsp3) is 0.500. The first-order valence-corrected chi connectivity index (χ1v) is 6.85. The Balaban J connectivity index is 1.53. The standard InChI is InChI=1S/C14H19N3O3/c1-9-5-16-11(7-15-9)14(18)17-6-10-2-3-12-13(4-10)20-8-19-12/h2-4,9,11,15-16H,5-8H2,1H3,(H,17,18). The Morgan fingerprint density at radius 1 is 1.30 bits per heavy atom. The molecule has 20 heavy (non-hydrogen) atoms. The SMILES string of the molecule is CC1CNC(C(=O)NCc2ccc3c(c2)OCO3)CN1. The molecule has 1 saturated heterocycles. The average Bonchev–Trinajstić information content (AvgIpc) is 2.93. The molecule has 0 radical (unpaired) electrons. The lowest BCUT2D eigenvalue weighted by Gasteiger charge is -2.28. The Morgan fingerprint density at radius 2 is 2.15 bits per heavy atom. The van der Waals surface area contributed by atoms with Crippen LogP contribution in [0.3, 0.4) is 0 Å². The molecule has 6 nitrogen and oxygen atoms in total. The van der Waals surface area contributed by atoms with Crippen molar-refractivity contribution >= 4 is 5.91 Å². The van der Waals surface area contributed by atoms with E-state index in [9.17, 15) is 4.79 Å². The second-order valence-electron chi connectivity index (χ2n) is 5.18. The van der Waals surface area contributed by atoms with Gasteiger partial charge in [0.15, 0.2) is 11.5 Å². The van der Waals surface area contributed by atoms with Crippen molar-refractivity contribution in [2.75, 3.05) is 19.9 Å². The van der Waals surface area contributed by atoms with Crippen molar-refractivity contribution in [2.45, 2.75) is 25.6 Å². The first-order chi connectivity index (χ1) is 9.72. The summed E-state index contributed by atoms with van der Waals surface area (Å²) >= 11 is 0. The van der Waals surface area contributed by atoms with Gasteiger partial charge in [-0.1, -0.05) is 6.07 Å². The first kappa shape index (κ1) is 13.2. The third-order valence-electron chi connectivity index (χ3n) is 3.56. The largest absolute Gasteiger partial charge is 0.454 e. The number of hydrogen-bond donors (Lipinski definition) is 3. The molecule has 2 aliphatic heterocycles. The average molecular weight is 277 g/mol. The molecule has 2 unspecified atom stereocenters. The normalized spacial score (nSPS) is 24.4. The second-order valence-corrected chi connectivity index (χ2v) is 5.18. The molecule has 6 heteroatoms. The molecule has 0 aliphatic carbocycles. The van der Waals surface area contributed by atoms with Gasteiger partial charge in [-0.05, 0) is 24.6 Å². The number of fused-ring (bicyclic) bond motifs is 1. The smallest absolute Gasteiger partial charge is 0.238 e. The lowest BCUT2D eigenvalue weighted by molar-refractivity contribution is -0.123. The zero-order valence-electron chi connectivity index (χ0n) is 11.4. The van der Waals surface area contributed by atoms with Crippen molar-refractivity contribution in [2.24, 2.45) is 0 Å². The third-order valence-corrected chi connectivity index (χ3v) is 3.56. The van der Waals surface area contributed by atoms with Crippen molar-refractivity contribution in [3.63, 3.8) is 0 Å². The van der Waals surface area contributed by atoms with Crippen LogP contribution in [0.2, 0.25) is 0 Å². The van der Waals surface area contributed by atoms with Gasteiger partial charge >= 0.3 is 0 Å². The number of benzene rings is 1. The first-order valence-electron chi connectivity index (χ1n) is 6.85. The minimum atomic E-state index is -0.166. The van der Waals surface area contributed by atoms with Crippen LogP contribution in [0.1, 0.15) is 12.5 Å². The Bertz CT molecular complexity index is 498. The fourth-order valence-corrected chi connectivity index (χ4v) is 2.33. The monoisotopic (exact) mass is 277 g/mol. The van der Waals surface area contributed by atoms with Crippen LogP contribution in [-0.4, -0.2) is 37.9 Å². The summed E-state index contributed by atoms with van der Waals surface area (Å²) in [6, 6.07) is 5.94. The van der Waals surface area contributed by atoms with Gasteiger partial charge in [0.2, 0.25) is 12.7 Å². The minimum Gasteiger partial charge on any atom is -0.454 e. The van der Waals surface area contributed by atoms with Gasteiger partial charge in [-0.15, -0.1) is 0 Å². The van der Waals surface area contributed by atoms with E-state index < -0.39 is 0 Å². The summed E-state index contributed by atoms with van der Waals surface area (Å²) in [5.41, 5.74) is 1.000. The van der Waals surface area contributed by atoms with E-state index in [1.165, 1.54) is 0 Å². The molecule has 0 bridgehead atoms. The van der Waals surface area contributed by atoms with Gasteiger partial charge in [-0.25, -0.2) is 0 Å². The van der Waals surface area contributed by atoms with Crippen LogP contribution in [0.15, 0.2) is 18.2 Å². The van der Waals surface area contributed by atoms with Gasteiger partial charge in [-0.2, -0.15) is 0 Å². The zero-order chi connectivity index (χ0) is 13.9. The molecular formula is C14H19N3O3. The number of carbonyl (C=O) groups is 1. The minimum absolute atomic E-state index is 0.0158. The summed E-state index contributed by atoms with van der Waals surface area (Å²) in [6.45, 7) is 4.31. The summed E-state index contributed by atoms with van der Waals surface area (Å²) in [4.78, 5) is 12.0. The van der Waals surface area contributed by atoms with Crippen LogP contribution in [-0.2, 0) is 11.3 Å². The topological polar surface area (TPSA) is 71.6 Å². The maximum atomic E-state index is 12.0. The lowest BCUT2D eigenvalue weighted by Crippen LogP contribution is -2.58. The summed E-state index contributed by atoms with van der Waals surface area (Å²) < 4.78 is 10.6. The number of ether oxygens (including phenoxy) is 2. The number of carbonyl (C=O) groups excluding carboxylic acids is 1. The van der Waals surface area contributed by atoms with E-state index in [-0.39, 0.29) is 18.7 Å². The predicted octanol–water partition coefficient (Wildman–Crippen LogP) is -0.0186. The van der Waals surface area contributed by atoms with Gasteiger partial charge in [-0.3, -0.25) is 4.79 Å². The number of nitrogens with one attached hydrogen (secondary N) is 3. The van der Waals surface area contributed by atoms with E-state index in [1.54, 1.807) is 0 Å². The summed E-state index contributed by atoms with van der Waals surface area (Å²) in [5.74, 6) is 1.51. The third kappa shape index (κ3) is 2.86. The summed E-state index contributed by atoms with van der Waals surface area (Å²) in [5, 5.41) is 9.45. The Hall–Kier alpha value is -1.79. The van der Waals surface area contributed by atoms with Crippen LogP contribution >= 0.6 is 0 Å². The van der Waals surface area contributed by atoms with Crippen LogP contribution in [0.4, 0.5) is 0 Å². The quantitative estimate of drug-likeness (QED) is 0.724. The lowest BCUT2D eigenvalue weighted by atomic mass is 10.1. The van der Waals surface area contributed by atoms with Gasteiger partial charge in [0, 0.05) is 25.7 Å². The highest BCUT2D eigenvalue weighted by molar-refractivity contribution is 5.82. The number of rotatable bonds is 3. The maximum absolute atomic E-state index is 12.0. The Labute approximate surface area is 117 Å². The van der Waals surface area contributed by atoms with Crippen molar-refractivity contribution in [1.82, 2.24) is 16.0 Å². The molecule has 0 saturated carbocycles.